The molecule has 0 saturated heterocycles. The second-order valence-electron chi connectivity index (χ2n) is 4.06. The van der Waals surface area contributed by atoms with Crippen LogP contribution in [0.1, 0.15) is 4.88 Å². The van der Waals surface area contributed by atoms with E-state index in [9.17, 15) is 14.0 Å². The first-order valence-corrected chi connectivity index (χ1v) is 6.48. The molecule has 2 heterocycles. The summed E-state index contributed by atoms with van der Waals surface area (Å²) in [7, 11) is 0. The van der Waals surface area contributed by atoms with E-state index in [4.69, 9.17) is 0 Å². The number of halogens is 1. The molecule has 0 aliphatic carbocycles. The lowest BCUT2D eigenvalue weighted by Gasteiger charge is -2.05. The van der Waals surface area contributed by atoms with Gasteiger partial charge >= 0.3 is 5.69 Å². The van der Waals surface area contributed by atoms with Gasteiger partial charge in [0.25, 0.3) is 5.56 Å². The van der Waals surface area contributed by atoms with Crippen LogP contribution in [0.15, 0.2) is 45.3 Å². The zero-order valence-corrected chi connectivity index (χ0v) is 10.5. The first kappa shape index (κ1) is 11.9. The third-order valence-corrected chi connectivity index (χ3v) is 3.72. The second-order valence-corrected chi connectivity index (χ2v) is 5.10. The lowest BCUT2D eigenvalue weighted by atomic mass is 10.2. The maximum absolute atomic E-state index is 13.5. The largest absolute Gasteiger partial charge is 0.329 e. The Morgan fingerprint density at radius 1 is 1.21 bits per heavy atom. The molecule has 2 aromatic heterocycles. The molecule has 0 amide bonds. The van der Waals surface area contributed by atoms with Crippen molar-refractivity contribution in [2.75, 3.05) is 0 Å². The monoisotopic (exact) mass is 276 g/mol. The molecule has 3 rings (SSSR count). The Morgan fingerprint density at radius 2 is 2.05 bits per heavy atom. The van der Waals surface area contributed by atoms with Crippen molar-refractivity contribution in [3.63, 3.8) is 0 Å². The number of rotatable bonds is 2. The van der Waals surface area contributed by atoms with Crippen LogP contribution in [-0.4, -0.2) is 9.55 Å². The lowest BCUT2D eigenvalue weighted by Crippen LogP contribution is -2.35. The third kappa shape index (κ3) is 2.00. The number of nitrogens with zero attached hydrogens (tertiary/aromatic N) is 1. The number of fused-ring (bicyclic) bond motifs is 1. The van der Waals surface area contributed by atoms with E-state index in [1.165, 1.54) is 29.5 Å². The van der Waals surface area contributed by atoms with E-state index in [0.29, 0.717) is 0 Å². The summed E-state index contributed by atoms with van der Waals surface area (Å²) in [6.07, 6.45) is 0. The van der Waals surface area contributed by atoms with Gasteiger partial charge in [0.05, 0.1) is 17.4 Å². The van der Waals surface area contributed by atoms with Crippen molar-refractivity contribution in [3.8, 4) is 0 Å². The van der Waals surface area contributed by atoms with Crippen molar-refractivity contribution in [2.24, 2.45) is 0 Å². The van der Waals surface area contributed by atoms with Crippen LogP contribution in [0, 0.1) is 5.82 Å². The fraction of sp³-hybridized carbons (Fsp3) is 0.0769. The molecule has 0 aliphatic heterocycles. The number of aromatic nitrogens is 2. The summed E-state index contributed by atoms with van der Waals surface area (Å²) in [5, 5.41) is 2.05. The van der Waals surface area contributed by atoms with Gasteiger partial charge in [-0.2, -0.15) is 0 Å². The third-order valence-electron chi connectivity index (χ3n) is 2.86. The molecule has 6 heteroatoms. The summed E-state index contributed by atoms with van der Waals surface area (Å²) in [5.41, 5.74) is -1.12. The number of hydrogen-bond donors (Lipinski definition) is 1. The number of nitrogens with one attached hydrogen (secondary N) is 1. The average molecular weight is 276 g/mol. The minimum absolute atomic E-state index is 0.0417. The summed E-state index contributed by atoms with van der Waals surface area (Å²) < 4.78 is 14.6. The van der Waals surface area contributed by atoms with Crippen LogP contribution < -0.4 is 11.2 Å². The van der Waals surface area contributed by atoms with Crippen molar-refractivity contribution < 1.29 is 4.39 Å². The van der Waals surface area contributed by atoms with Gasteiger partial charge in [-0.05, 0) is 23.6 Å². The van der Waals surface area contributed by atoms with Gasteiger partial charge in [-0.25, -0.2) is 9.18 Å². The van der Waals surface area contributed by atoms with E-state index in [0.717, 1.165) is 9.44 Å². The molecular weight excluding hydrogens is 267 g/mol. The molecule has 96 valence electrons. The maximum Gasteiger partial charge on any atom is 0.329 e. The molecule has 0 aliphatic rings. The lowest BCUT2D eigenvalue weighted by molar-refractivity contribution is 0.632. The summed E-state index contributed by atoms with van der Waals surface area (Å²) >= 11 is 1.46. The van der Waals surface area contributed by atoms with Crippen LogP contribution in [0.2, 0.25) is 0 Å². The van der Waals surface area contributed by atoms with Crippen LogP contribution in [0.4, 0.5) is 4.39 Å². The van der Waals surface area contributed by atoms with Crippen molar-refractivity contribution in [3.05, 3.63) is 67.2 Å². The van der Waals surface area contributed by atoms with E-state index in [-0.39, 0.29) is 17.4 Å². The normalized spacial score (nSPS) is 11.0. The first-order chi connectivity index (χ1) is 9.16. The number of H-pyrrole nitrogens is 1. The Labute approximate surface area is 110 Å². The minimum Gasteiger partial charge on any atom is -0.304 e. The van der Waals surface area contributed by atoms with Crippen LogP contribution in [0.25, 0.3) is 10.9 Å². The Bertz CT molecular complexity index is 849. The Hall–Kier alpha value is -2.21. The van der Waals surface area contributed by atoms with Gasteiger partial charge in [0, 0.05) is 4.88 Å². The van der Waals surface area contributed by atoms with Gasteiger partial charge in [0.15, 0.2) is 0 Å². The number of benzene rings is 1. The van der Waals surface area contributed by atoms with E-state index in [2.05, 4.69) is 4.98 Å². The molecule has 0 saturated carbocycles. The van der Waals surface area contributed by atoms with Gasteiger partial charge in [-0.15, -0.1) is 11.3 Å². The predicted molar refractivity (Wildman–Crippen MR) is 72.2 cm³/mol. The molecule has 0 unspecified atom stereocenters. The van der Waals surface area contributed by atoms with Gasteiger partial charge in [-0.1, -0.05) is 12.1 Å². The summed E-state index contributed by atoms with van der Waals surface area (Å²) in [5.74, 6) is -0.602. The molecule has 1 N–H and O–H groups in total. The number of thiophene rings is 1. The van der Waals surface area contributed by atoms with Gasteiger partial charge < -0.3 is 4.98 Å². The SMILES string of the molecule is O=c1[nH]c2c(F)cccc2c(=O)n1Cc1cccs1. The maximum atomic E-state index is 13.5. The minimum atomic E-state index is -0.602. The Balaban J connectivity index is 2.27. The number of hydrogen-bond acceptors (Lipinski definition) is 3. The smallest absolute Gasteiger partial charge is 0.304 e. The number of aromatic amines is 1. The van der Waals surface area contributed by atoms with Gasteiger partial charge in [-0.3, -0.25) is 9.36 Å². The van der Waals surface area contributed by atoms with Crippen LogP contribution in [0.5, 0.6) is 0 Å². The highest BCUT2D eigenvalue weighted by atomic mass is 32.1. The van der Waals surface area contributed by atoms with E-state index in [1.807, 2.05) is 17.5 Å². The number of para-hydroxylation sites is 1. The van der Waals surface area contributed by atoms with Crippen molar-refractivity contribution in [1.29, 1.82) is 0 Å². The molecule has 19 heavy (non-hydrogen) atoms. The van der Waals surface area contributed by atoms with E-state index < -0.39 is 17.1 Å². The molecule has 4 nitrogen and oxygen atoms in total. The fourth-order valence-electron chi connectivity index (χ4n) is 1.94. The topological polar surface area (TPSA) is 54.9 Å². The molecule has 0 radical (unpaired) electrons. The van der Waals surface area contributed by atoms with E-state index >= 15 is 0 Å². The van der Waals surface area contributed by atoms with Crippen LogP contribution in [-0.2, 0) is 6.54 Å². The fourth-order valence-corrected chi connectivity index (χ4v) is 2.64. The quantitative estimate of drug-likeness (QED) is 0.777. The molecule has 0 bridgehead atoms. The summed E-state index contributed by atoms with van der Waals surface area (Å²) in [4.78, 5) is 27.4. The van der Waals surface area contributed by atoms with Crippen molar-refractivity contribution >= 4 is 22.2 Å². The molecule has 1 aromatic carbocycles. The zero-order chi connectivity index (χ0) is 13.4. The van der Waals surface area contributed by atoms with E-state index in [1.54, 1.807) is 0 Å². The highest BCUT2D eigenvalue weighted by molar-refractivity contribution is 7.09. The highest BCUT2D eigenvalue weighted by Gasteiger charge is 2.10. The van der Waals surface area contributed by atoms with Crippen molar-refractivity contribution in [1.82, 2.24) is 9.55 Å². The first-order valence-electron chi connectivity index (χ1n) is 5.60. The van der Waals surface area contributed by atoms with Crippen LogP contribution in [0.3, 0.4) is 0 Å². The molecule has 0 atom stereocenters. The summed E-state index contributed by atoms with van der Waals surface area (Å²) in [6, 6.07) is 7.85. The summed E-state index contributed by atoms with van der Waals surface area (Å²) in [6.45, 7) is 0.193. The van der Waals surface area contributed by atoms with Gasteiger partial charge in [0.1, 0.15) is 5.82 Å². The van der Waals surface area contributed by atoms with Crippen LogP contribution >= 0.6 is 11.3 Å². The predicted octanol–water partition coefficient (Wildman–Crippen LogP) is 1.94. The molecule has 0 fully saturated rings. The van der Waals surface area contributed by atoms with Crippen molar-refractivity contribution in [2.45, 2.75) is 6.54 Å². The molecular formula is C13H9FN2O2S. The Kier molecular flexibility index (Phi) is 2.79. The average Bonchev–Trinajstić information content (AvgIpc) is 2.89. The Morgan fingerprint density at radius 3 is 2.79 bits per heavy atom. The standard InChI is InChI=1S/C13H9FN2O2S/c14-10-5-1-4-9-11(10)15-13(18)16(12(9)17)7-8-3-2-6-19-8/h1-6H,7H2,(H,15,18). The molecule has 3 aromatic rings. The molecule has 0 spiro atoms. The second kappa shape index (κ2) is 4.47. The highest BCUT2D eigenvalue weighted by Crippen LogP contribution is 2.11. The van der Waals surface area contributed by atoms with Gasteiger partial charge in [0.2, 0.25) is 0 Å². The zero-order valence-electron chi connectivity index (χ0n) is 9.72.